The Morgan fingerprint density at radius 2 is 2.07 bits per heavy atom. The van der Waals surface area contributed by atoms with Crippen LogP contribution >= 0.6 is 0 Å². The minimum Gasteiger partial charge on any atom is -0.444 e. The maximum absolute atomic E-state index is 5.59. The molecule has 0 atom stereocenters. The Morgan fingerprint density at radius 3 is 2.81 bits per heavy atom. The molecule has 1 aromatic carbocycles. The highest BCUT2D eigenvalue weighted by Crippen LogP contribution is 2.19. The molecule has 3 rings (SSSR count). The van der Waals surface area contributed by atoms with Crippen molar-refractivity contribution in [3.8, 4) is 11.5 Å². The molecule has 0 saturated carbocycles. The molecule has 0 bridgehead atoms. The zero-order chi connectivity index (χ0) is 18.9. The number of oxazole rings is 1. The number of hydrogen-bond acceptors (Lipinski definition) is 4. The third-order valence-corrected chi connectivity index (χ3v) is 4.01. The second-order valence-electron chi connectivity index (χ2n) is 6.25. The fourth-order valence-electron chi connectivity index (χ4n) is 2.59. The average molecular weight is 366 g/mol. The van der Waals surface area contributed by atoms with Crippen LogP contribution in [-0.2, 0) is 13.1 Å². The minimum absolute atomic E-state index is 0.462. The van der Waals surface area contributed by atoms with E-state index in [-0.39, 0.29) is 0 Å². The molecule has 0 unspecified atom stereocenters. The van der Waals surface area contributed by atoms with Crippen LogP contribution in [0.5, 0.6) is 0 Å². The van der Waals surface area contributed by atoms with Gasteiger partial charge >= 0.3 is 0 Å². The molecule has 0 aliphatic rings. The molecule has 2 heterocycles. The van der Waals surface area contributed by atoms with Crippen molar-refractivity contribution in [3.63, 3.8) is 0 Å². The number of nitrogens with one attached hydrogen (secondary N) is 2. The third kappa shape index (κ3) is 5.70. The van der Waals surface area contributed by atoms with Crippen molar-refractivity contribution in [2.75, 3.05) is 13.1 Å². The average Bonchev–Trinajstić information content (AvgIpc) is 3.36. The summed E-state index contributed by atoms with van der Waals surface area (Å²) in [4.78, 5) is 9.12. The molecule has 27 heavy (non-hydrogen) atoms. The molecular formula is C20H26N6O. The zero-order valence-corrected chi connectivity index (χ0v) is 15.9. The van der Waals surface area contributed by atoms with Gasteiger partial charge in [-0.05, 0) is 38.5 Å². The second kappa shape index (κ2) is 9.56. The van der Waals surface area contributed by atoms with Crippen molar-refractivity contribution >= 4 is 5.96 Å². The Balaban J connectivity index is 1.52. The first-order valence-corrected chi connectivity index (χ1v) is 9.25. The van der Waals surface area contributed by atoms with Crippen molar-refractivity contribution in [1.29, 1.82) is 0 Å². The van der Waals surface area contributed by atoms with E-state index in [1.165, 1.54) is 5.56 Å². The highest BCUT2D eigenvalue weighted by molar-refractivity contribution is 5.79. The first kappa shape index (κ1) is 18.7. The summed E-state index contributed by atoms with van der Waals surface area (Å²) in [5, 5.41) is 10.8. The van der Waals surface area contributed by atoms with Gasteiger partial charge in [0.25, 0.3) is 0 Å². The molecule has 0 radical (unpaired) electrons. The van der Waals surface area contributed by atoms with Crippen molar-refractivity contribution < 1.29 is 4.42 Å². The van der Waals surface area contributed by atoms with Crippen molar-refractivity contribution in [2.24, 2.45) is 4.99 Å². The fourth-order valence-corrected chi connectivity index (χ4v) is 2.59. The monoisotopic (exact) mass is 366 g/mol. The Hall–Kier alpha value is -3.09. The highest BCUT2D eigenvalue weighted by Gasteiger charge is 2.06. The van der Waals surface area contributed by atoms with E-state index in [0.29, 0.717) is 12.4 Å². The Bertz CT molecular complexity index is 836. The molecule has 0 amide bonds. The number of aryl methyl sites for hydroxylation is 2. The van der Waals surface area contributed by atoms with Crippen LogP contribution in [0.25, 0.3) is 11.5 Å². The van der Waals surface area contributed by atoms with Crippen LogP contribution in [-0.4, -0.2) is 33.8 Å². The Morgan fingerprint density at radius 1 is 1.22 bits per heavy atom. The first-order chi connectivity index (χ1) is 13.2. The lowest BCUT2D eigenvalue weighted by atomic mass is 10.1. The van der Waals surface area contributed by atoms with Crippen molar-refractivity contribution in [2.45, 2.75) is 33.4 Å². The van der Waals surface area contributed by atoms with Crippen LogP contribution in [0, 0.1) is 6.92 Å². The number of benzene rings is 1. The number of nitrogens with zero attached hydrogens (tertiary/aromatic N) is 4. The van der Waals surface area contributed by atoms with Crippen LogP contribution in [0.4, 0.5) is 0 Å². The smallest absolute Gasteiger partial charge is 0.226 e. The predicted octanol–water partition coefficient (Wildman–Crippen LogP) is 2.99. The van der Waals surface area contributed by atoms with Crippen LogP contribution < -0.4 is 10.6 Å². The van der Waals surface area contributed by atoms with Gasteiger partial charge in [-0.25, -0.2) is 9.98 Å². The summed E-state index contributed by atoms with van der Waals surface area (Å²) in [5.74, 6) is 1.40. The number of aromatic nitrogens is 3. The largest absolute Gasteiger partial charge is 0.444 e. The molecule has 0 saturated heterocycles. The third-order valence-electron chi connectivity index (χ3n) is 4.01. The van der Waals surface area contributed by atoms with E-state index in [2.05, 4.69) is 32.6 Å². The lowest BCUT2D eigenvalue weighted by Crippen LogP contribution is -2.38. The van der Waals surface area contributed by atoms with Crippen LogP contribution in [0.15, 0.2) is 58.4 Å². The van der Waals surface area contributed by atoms with Crippen LogP contribution in [0.3, 0.4) is 0 Å². The van der Waals surface area contributed by atoms with Crippen molar-refractivity contribution in [3.05, 3.63) is 60.2 Å². The SMILES string of the molecule is CCNC(=NCc1coc(-c2ccc(C)cc2)n1)NCCCn1cccn1. The van der Waals surface area contributed by atoms with Gasteiger partial charge in [-0.1, -0.05) is 17.7 Å². The predicted molar refractivity (Wildman–Crippen MR) is 106 cm³/mol. The van der Waals surface area contributed by atoms with Gasteiger partial charge in [0.05, 0.1) is 6.54 Å². The fraction of sp³-hybridized carbons (Fsp3) is 0.350. The van der Waals surface area contributed by atoms with Gasteiger partial charge in [-0.15, -0.1) is 0 Å². The van der Waals surface area contributed by atoms with Gasteiger partial charge in [0.2, 0.25) is 5.89 Å². The van der Waals surface area contributed by atoms with Gasteiger partial charge in [0, 0.05) is 37.6 Å². The molecule has 3 aromatic rings. The summed E-state index contributed by atoms with van der Waals surface area (Å²) >= 11 is 0. The van der Waals surface area contributed by atoms with Gasteiger partial charge in [0.1, 0.15) is 12.0 Å². The van der Waals surface area contributed by atoms with Gasteiger partial charge in [-0.2, -0.15) is 5.10 Å². The highest BCUT2D eigenvalue weighted by atomic mass is 16.3. The van der Waals surface area contributed by atoms with Crippen molar-refractivity contribution in [1.82, 2.24) is 25.4 Å². The maximum Gasteiger partial charge on any atom is 0.226 e. The van der Waals surface area contributed by atoms with Gasteiger partial charge in [-0.3, -0.25) is 4.68 Å². The molecule has 0 spiro atoms. The van der Waals surface area contributed by atoms with E-state index >= 15 is 0 Å². The quantitative estimate of drug-likeness (QED) is 0.364. The normalized spacial score (nSPS) is 11.6. The number of aliphatic imine (C=N–C) groups is 1. The maximum atomic E-state index is 5.59. The Labute approximate surface area is 159 Å². The van der Waals surface area contributed by atoms with E-state index in [1.54, 1.807) is 12.5 Å². The van der Waals surface area contributed by atoms with Gasteiger partial charge in [0.15, 0.2) is 5.96 Å². The zero-order valence-electron chi connectivity index (χ0n) is 15.9. The molecule has 0 fully saturated rings. The van der Waals surface area contributed by atoms with E-state index in [0.717, 1.165) is 43.3 Å². The second-order valence-corrected chi connectivity index (χ2v) is 6.25. The summed E-state index contributed by atoms with van der Waals surface area (Å²) in [5.41, 5.74) is 2.99. The van der Waals surface area contributed by atoms with E-state index in [1.807, 2.05) is 48.1 Å². The molecule has 0 aliphatic heterocycles. The number of guanidine groups is 1. The first-order valence-electron chi connectivity index (χ1n) is 9.25. The van der Waals surface area contributed by atoms with E-state index < -0.39 is 0 Å². The summed E-state index contributed by atoms with van der Waals surface area (Å²) in [6.45, 7) is 7.07. The summed E-state index contributed by atoms with van der Waals surface area (Å²) in [6, 6.07) is 10.1. The standard InChI is InChI=1S/C20H26N6O/c1-3-21-20(22-10-4-12-26-13-5-11-24-26)23-14-18-15-27-19(25-18)17-8-6-16(2)7-9-17/h5-9,11,13,15H,3-4,10,12,14H2,1-2H3,(H2,21,22,23). The Kier molecular flexibility index (Phi) is 6.62. The number of rotatable bonds is 8. The molecular weight excluding hydrogens is 340 g/mol. The lowest BCUT2D eigenvalue weighted by Gasteiger charge is -2.10. The van der Waals surface area contributed by atoms with E-state index in [4.69, 9.17) is 4.42 Å². The minimum atomic E-state index is 0.462. The summed E-state index contributed by atoms with van der Waals surface area (Å²) < 4.78 is 7.52. The summed E-state index contributed by atoms with van der Waals surface area (Å²) in [6.07, 6.45) is 6.39. The molecule has 2 N–H and O–H groups in total. The van der Waals surface area contributed by atoms with Crippen LogP contribution in [0.2, 0.25) is 0 Å². The molecule has 0 aliphatic carbocycles. The molecule has 7 heteroatoms. The molecule has 7 nitrogen and oxygen atoms in total. The number of hydrogen-bond donors (Lipinski definition) is 2. The van der Waals surface area contributed by atoms with Gasteiger partial charge < -0.3 is 15.1 Å². The molecule has 2 aromatic heterocycles. The lowest BCUT2D eigenvalue weighted by molar-refractivity contribution is 0.569. The summed E-state index contributed by atoms with van der Waals surface area (Å²) in [7, 11) is 0. The topological polar surface area (TPSA) is 80.3 Å². The van der Waals surface area contributed by atoms with E-state index in [9.17, 15) is 0 Å². The van der Waals surface area contributed by atoms with Crippen LogP contribution in [0.1, 0.15) is 24.6 Å². The molecule has 142 valence electrons.